The molecule has 0 saturated heterocycles. The Bertz CT molecular complexity index is 615. The first-order chi connectivity index (χ1) is 10.0. The average molecular weight is 307 g/mol. The van der Waals surface area contributed by atoms with Gasteiger partial charge in [-0.2, -0.15) is 0 Å². The van der Waals surface area contributed by atoms with Crippen LogP contribution in [0.4, 0.5) is 4.39 Å². The summed E-state index contributed by atoms with van der Waals surface area (Å²) in [5.74, 6) is -0.333. The summed E-state index contributed by atoms with van der Waals surface area (Å²) in [6.45, 7) is 3.26. The Hall–Kier alpha value is -1.42. The SMILES string of the molecule is Cc1cccc(CN(C)C(CN)c2ccc(F)cc2Cl)c1. The molecule has 112 valence electrons. The maximum Gasteiger partial charge on any atom is 0.124 e. The molecule has 0 saturated carbocycles. The van der Waals surface area contributed by atoms with Crippen LogP contribution in [-0.2, 0) is 6.54 Å². The number of nitrogens with zero attached hydrogens (tertiary/aromatic N) is 1. The maximum absolute atomic E-state index is 13.2. The Balaban J connectivity index is 2.20. The number of hydrogen-bond acceptors (Lipinski definition) is 2. The molecule has 2 N–H and O–H groups in total. The van der Waals surface area contributed by atoms with E-state index in [9.17, 15) is 4.39 Å². The summed E-state index contributed by atoms with van der Waals surface area (Å²) in [4.78, 5) is 2.13. The molecule has 1 unspecified atom stereocenters. The van der Waals surface area contributed by atoms with Crippen LogP contribution in [0, 0.1) is 12.7 Å². The lowest BCUT2D eigenvalue weighted by atomic mass is 10.0. The van der Waals surface area contributed by atoms with Gasteiger partial charge in [0.2, 0.25) is 0 Å². The molecule has 0 aliphatic heterocycles. The van der Waals surface area contributed by atoms with E-state index < -0.39 is 0 Å². The van der Waals surface area contributed by atoms with Gasteiger partial charge in [0.25, 0.3) is 0 Å². The van der Waals surface area contributed by atoms with Gasteiger partial charge in [0, 0.05) is 24.2 Å². The molecule has 0 bridgehead atoms. The van der Waals surface area contributed by atoms with Crippen LogP contribution in [0.2, 0.25) is 5.02 Å². The normalized spacial score (nSPS) is 12.7. The standard InChI is InChI=1S/C17H20ClFN2/c1-12-4-3-5-13(8-12)11-21(2)17(10-20)15-7-6-14(19)9-16(15)18/h3-9,17H,10-11,20H2,1-2H3. The largest absolute Gasteiger partial charge is 0.329 e. The zero-order valence-electron chi connectivity index (χ0n) is 12.3. The third-order valence-electron chi connectivity index (χ3n) is 3.59. The fourth-order valence-corrected chi connectivity index (χ4v) is 2.82. The predicted molar refractivity (Wildman–Crippen MR) is 85.9 cm³/mol. The van der Waals surface area contributed by atoms with E-state index in [2.05, 4.69) is 30.0 Å². The first-order valence-corrected chi connectivity index (χ1v) is 7.30. The smallest absolute Gasteiger partial charge is 0.124 e. The van der Waals surface area contributed by atoms with Crippen molar-refractivity contribution in [2.24, 2.45) is 5.73 Å². The fraction of sp³-hybridized carbons (Fsp3) is 0.294. The molecule has 1 atom stereocenters. The van der Waals surface area contributed by atoms with E-state index in [0.29, 0.717) is 11.6 Å². The lowest BCUT2D eigenvalue weighted by Crippen LogP contribution is -2.30. The second-order valence-electron chi connectivity index (χ2n) is 5.32. The zero-order chi connectivity index (χ0) is 15.4. The van der Waals surface area contributed by atoms with Gasteiger partial charge in [0.1, 0.15) is 5.82 Å². The third kappa shape index (κ3) is 4.03. The van der Waals surface area contributed by atoms with E-state index in [0.717, 1.165) is 12.1 Å². The molecule has 2 aromatic rings. The van der Waals surface area contributed by atoms with Crippen LogP contribution in [0.25, 0.3) is 0 Å². The van der Waals surface area contributed by atoms with Crippen molar-refractivity contribution in [3.05, 3.63) is 70.0 Å². The van der Waals surface area contributed by atoms with Gasteiger partial charge in [0.15, 0.2) is 0 Å². The minimum absolute atomic E-state index is 0.0430. The summed E-state index contributed by atoms with van der Waals surface area (Å²) in [5.41, 5.74) is 9.20. The molecule has 0 radical (unpaired) electrons. The minimum atomic E-state index is -0.333. The fourth-order valence-electron chi connectivity index (χ4n) is 2.52. The summed E-state index contributed by atoms with van der Waals surface area (Å²) in [6, 6.07) is 12.8. The summed E-state index contributed by atoms with van der Waals surface area (Å²) >= 11 is 6.15. The number of nitrogens with two attached hydrogens (primary N) is 1. The molecule has 0 aliphatic carbocycles. The Morgan fingerprint density at radius 3 is 2.62 bits per heavy atom. The molecule has 0 spiro atoms. The van der Waals surface area contributed by atoms with Crippen molar-refractivity contribution in [2.75, 3.05) is 13.6 Å². The Morgan fingerprint density at radius 1 is 1.24 bits per heavy atom. The van der Waals surface area contributed by atoms with E-state index in [-0.39, 0.29) is 11.9 Å². The zero-order valence-corrected chi connectivity index (χ0v) is 13.1. The molecule has 0 aliphatic rings. The van der Waals surface area contributed by atoms with Crippen molar-refractivity contribution in [1.82, 2.24) is 4.90 Å². The van der Waals surface area contributed by atoms with Crippen molar-refractivity contribution < 1.29 is 4.39 Å². The molecular formula is C17H20ClFN2. The summed E-state index contributed by atoms with van der Waals surface area (Å²) in [7, 11) is 2.00. The Kier molecular flexibility index (Phi) is 5.34. The molecule has 0 heterocycles. The average Bonchev–Trinajstić information content (AvgIpc) is 2.42. The molecule has 2 nitrogen and oxygen atoms in total. The monoisotopic (exact) mass is 306 g/mol. The number of rotatable bonds is 5. The highest BCUT2D eigenvalue weighted by Gasteiger charge is 2.18. The predicted octanol–water partition coefficient (Wildman–Crippen LogP) is 3.92. The maximum atomic E-state index is 13.2. The topological polar surface area (TPSA) is 29.3 Å². The van der Waals surface area contributed by atoms with Crippen LogP contribution in [0.3, 0.4) is 0 Å². The number of benzene rings is 2. The van der Waals surface area contributed by atoms with Crippen molar-refractivity contribution in [3.63, 3.8) is 0 Å². The van der Waals surface area contributed by atoms with E-state index >= 15 is 0 Å². The van der Waals surface area contributed by atoms with E-state index in [1.54, 1.807) is 6.07 Å². The first-order valence-electron chi connectivity index (χ1n) is 6.92. The van der Waals surface area contributed by atoms with Crippen LogP contribution in [0.15, 0.2) is 42.5 Å². The molecule has 2 aromatic carbocycles. The number of aryl methyl sites for hydroxylation is 1. The highest BCUT2D eigenvalue weighted by molar-refractivity contribution is 6.31. The lowest BCUT2D eigenvalue weighted by molar-refractivity contribution is 0.241. The van der Waals surface area contributed by atoms with Crippen LogP contribution < -0.4 is 5.73 Å². The minimum Gasteiger partial charge on any atom is -0.329 e. The quantitative estimate of drug-likeness (QED) is 0.907. The highest BCUT2D eigenvalue weighted by Crippen LogP contribution is 2.28. The third-order valence-corrected chi connectivity index (χ3v) is 3.92. The van der Waals surface area contributed by atoms with Crippen molar-refractivity contribution in [3.8, 4) is 0 Å². The summed E-state index contributed by atoms with van der Waals surface area (Å²) in [5, 5.41) is 0.418. The Morgan fingerprint density at radius 2 is 2.00 bits per heavy atom. The molecular weight excluding hydrogens is 287 g/mol. The van der Waals surface area contributed by atoms with Crippen LogP contribution >= 0.6 is 11.6 Å². The van der Waals surface area contributed by atoms with Crippen molar-refractivity contribution in [2.45, 2.75) is 19.5 Å². The van der Waals surface area contributed by atoms with E-state index in [1.807, 2.05) is 13.1 Å². The van der Waals surface area contributed by atoms with E-state index in [1.165, 1.54) is 23.3 Å². The molecule has 0 amide bonds. The number of hydrogen-bond donors (Lipinski definition) is 1. The summed E-state index contributed by atoms with van der Waals surface area (Å²) in [6.07, 6.45) is 0. The second-order valence-corrected chi connectivity index (χ2v) is 5.73. The van der Waals surface area contributed by atoms with Crippen LogP contribution in [0.1, 0.15) is 22.7 Å². The van der Waals surface area contributed by atoms with Gasteiger partial charge in [-0.3, -0.25) is 4.90 Å². The van der Waals surface area contributed by atoms with Gasteiger partial charge in [-0.05, 0) is 37.2 Å². The number of halogens is 2. The van der Waals surface area contributed by atoms with Gasteiger partial charge >= 0.3 is 0 Å². The van der Waals surface area contributed by atoms with Crippen LogP contribution in [-0.4, -0.2) is 18.5 Å². The van der Waals surface area contributed by atoms with Gasteiger partial charge in [0.05, 0.1) is 0 Å². The molecule has 2 rings (SSSR count). The van der Waals surface area contributed by atoms with Crippen LogP contribution in [0.5, 0.6) is 0 Å². The Labute approximate surface area is 130 Å². The van der Waals surface area contributed by atoms with Gasteiger partial charge in [-0.1, -0.05) is 47.5 Å². The first kappa shape index (κ1) is 16.0. The molecule has 21 heavy (non-hydrogen) atoms. The highest BCUT2D eigenvalue weighted by atomic mass is 35.5. The second kappa shape index (κ2) is 7.03. The van der Waals surface area contributed by atoms with Crippen molar-refractivity contribution in [1.29, 1.82) is 0 Å². The molecule has 4 heteroatoms. The van der Waals surface area contributed by atoms with Gasteiger partial charge in [-0.25, -0.2) is 4.39 Å². The lowest BCUT2D eigenvalue weighted by Gasteiger charge is -2.28. The molecule has 0 fully saturated rings. The molecule has 0 aromatic heterocycles. The van der Waals surface area contributed by atoms with E-state index in [4.69, 9.17) is 17.3 Å². The van der Waals surface area contributed by atoms with Gasteiger partial charge < -0.3 is 5.73 Å². The van der Waals surface area contributed by atoms with Crippen molar-refractivity contribution >= 4 is 11.6 Å². The summed E-state index contributed by atoms with van der Waals surface area (Å²) < 4.78 is 13.2. The number of likely N-dealkylation sites (N-methyl/N-ethyl adjacent to an activating group) is 1. The van der Waals surface area contributed by atoms with Gasteiger partial charge in [-0.15, -0.1) is 0 Å².